The van der Waals surface area contributed by atoms with E-state index in [1.165, 1.54) is 18.4 Å². The highest BCUT2D eigenvalue weighted by Crippen LogP contribution is 2.42. The van der Waals surface area contributed by atoms with E-state index in [4.69, 9.17) is 16.6 Å². The number of benzene rings is 1. The fourth-order valence-electron chi connectivity index (χ4n) is 2.25. The van der Waals surface area contributed by atoms with Crippen molar-refractivity contribution in [3.05, 3.63) is 64.5 Å². The van der Waals surface area contributed by atoms with Gasteiger partial charge in [0, 0.05) is 0 Å². The third kappa shape index (κ3) is 3.25. The van der Waals surface area contributed by atoms with Gasteiger partial charge in [0.2, 0.25) is 0 Å². The number of carbonyl (C=O) groups excluding carboxylic acids is 1. The molecule has 1 saturated heterocycles. The Kier molecular flexibility index (Phi) is 4.16. The Bertz CT molecular complexity index is 792. The van der Waals surface area contributed by atoms with Gasteiger partial charge < -0.3 is 4.42 Å². The maximum Gasteiger partial charge on any atom is 0.416 e. The van der Waals surface area contributed by atoms with Crippen LogP contribution in [-0.4, -0.2) is 9.98 Å². The van der Waals surface area contributed by atoms with Crippen LogP contribution in [0.2, 0.25) is 0 Å². The molecule has 0 spiro atoms. The highest BCUT2D eigenvalue weighted by Gasteiger charge is 2.38. The van der Waals surface area contributed by atoms with Gasteiger partial charge in [0.25, 0.3) is 0 Å². The quantitative estimate of drug-likeness (QED) is 0.557. The molecular weight excluding hydrogens is 345 g/mol. The molecule has 2 heterocycles. The van der Waals surface area contributed by atoms with Crippen LogP contribution >= 0.6 is 24.0 Å². The topological polar surface area (TPSA) is 30.2 Å². The van der Waals surface area contributed by atoms with Gasteiger partial charge in [-0.25, -0.2) is 0 Å². The zero-order valence-electron chi connectivity index (χ0n) is 11.5. The number of hydrogen-bond donors (Lipinski definition) is 0. The molecule has 1 aliphatic rings. The van der Waals surface area contributed by atoms with Gasteiger partial charge in [-0.2, -0.15) is 13.2 Å². The Morgan fingerprint density at radius 3 is 2.65 bits per heavy atom. The van der Waals surface area contributed by atoms with Gasteiger partial charge in [0.05, 0.1) is 26.8 Å². The lowest BCUT2D eigenvalue weighted by molar-refractivity contribution is -0.137. The number of ketones is 1. The van der Waals surface area contributed by atoms with E-state index in [1.807, 2.05) is 0 Å². The van der Waals surface area contributed by atoms with Crippen molar-refractivity contribution in [2.45, 2.75) is 12.1 Å². The molecule has 1 fully saturated rings. The number of rotatable bonds is 2. The molecule has 118 valence electrons. The van der Waals surface area contributed by atoms with Crippen LogP contribution in [0.25, 0.3) is 6.08 Å². The smallest absolute Gasteiger partial charge is 0.416 e. The summed E-state index contributed by atoms with van der Waals surface area (Å²) < 4.78 is 44.0. The van der Waals surface area contributed by atoms with Crippen LogP contribution in [0, 0.1) is 0 Å². The average Bonchev–Trinajstić information content (AvgIpc) is 3.08. The first-order valence-corrected chi connectivity index (χ1v) is 7.77. The van der Waals surface area contributed by atoms with Crippen LogP contribution < -0.4 is 0 Å². The third-order valence-electron chi connectivity index (χ3n) is 3.32. The Hall–Kier alpha value is -1.86. The molecular formula is C16H9F3O2S2. The summed E-state index contributed by atoms with van der Waals surface area (Å²) in [7, 11) is 0. The molecule has 0 aliphatic carbocycles. The molecule has 2 nitrogen and oxygen atoms in total. The Morgan fingerprint density at radius 1 is 1.22 bits per heavy atom. The molecule has 0 N–H and O–H groups in total. The number of halogens is 3. The second-order valence-electron chi connectivity index (χ2n) is 4.87. The van der Waals surface area contributed by atoms with E-state index in [9.17, 15) is 18.0 Å². The SMILES string of the molecule is O=C1/C(=C\c2ccco2)SC(=S)C1c1cccc(C(F)(F)F)c1. The first kappa shape index (κ1) is 16.0. The summed E-state index contributed by atoms with van der Waals surface area (Å²) in [6, 6.07) is 8.08. The monoisotopic (exact) mass is 354 g/mol. The summed E-state index contributed by atoms with van der Waals surface area (Å²) in [4.78, 5) is 12.9. The largest absolute Gasteiger partial charge is 0.465 e. The predicted molar refractivity (Wildman–Crippen MR) is 86.1 cm³/mol. The van der Waals surface area contributed by atoms with Crippen molar-refractivity contribution in [3.8, 4) is 0 Å². The Balaban J connectivity index is 1.95. The minimum absolute atomic E-state index is 0.255. The van der Waals surface area contributed by atoms with Crippen molar-refractivity contribution in [2.24, 2.45) is 0 Å². The van der Waals surface area contributed by atoms with Gasteiger partial charge in [-0.3, -0.25) is 4.79 Å². The predicted octanol–water partition coefficient (Wildman–Crippen LogP) is 5.07. The highest BCUT2D eigenvalue weighted by molar-refractivity contribution is 8.27. The molecule has 0 saturated carbocycles. The maximum atomic E-state index is 12.8. The van der Waals surface area contributed by atoms with Crippen LogP contribution in [-0.2, 0) is 11.0 Å². The summed E-state index contributed by atoms with van der Waals surface area (Å²) in [6.07, 6.45) is -1.44. The molecule has 1 atom stereocenters. The Morgan fingerprint density at radius 2 is 2.00 bits per heavy atom. The number of furan rings is 1. The molecule has 2 aromatic rings. The van der Waals surface area contributed by atoms with Gasteiger partial charge in [0.15, 0.2) is 5.78 Å². The summed E-state index contributed by atoms with van der Waals surface area (Å²) in [6.45, 7) is 0. The van der Waals surface area contributed by atoms with Gasteiger partial charge in [-0.05, 0) is 29.8 Å². The number of thiocarbonyl (C=S) groups is 1. The highest BCUT2D eigenvalue weighted by atomic mass is 32.2. The fourth-order valence-corrected chi connectivity index (χ4v) is 3.74. The van der Waals surface area contributed by atoms with Crippen LogP contribution in [0.15, 0.2) is 52.0 Å². The van der Waals surface area contributed by atoms with Crippen LogP contribution in [0.5, 0.6) is 0 Å². The number of carbonyl (C=O) groups is 1. The van der Waals surface area contributed by atoms with E-state index in [2.05, 4.69) is 0 Å². The number of Topliss-reactive ketones (excluding diaryl/α,β-unsaturated/α-hetero) is 1. The van der Waals surface area contributed by atoms with Crippen LogP contribution in [0.3, 0.4) is 0 Å². The zero-order valence-corrected chi connectivity index (χ0v) is 13.1. The average molecular weight is 354 g/mol. The minimum atomic E-state index is -4.46. The van der Waals surface area contributed by atoms with Gasteiger partial charge in [-0.15, -0.1) is 0 Å². The summed E-state index contributed by atoms with van der Waals surface area (Å²) in [5.41, 5.74) is -0.538. The molecule has 1 unspecified atom stereocenters. The number of allylic oxidation sites excluding steroid dienone is 1. The van der Waals surface area contributed by atoms with E-state index >= 15 is 0 Å². The van der Waals surface area contributed by atoms with E-state index in [0.717, 1.165) is 23.9 Å². The van der Waals surface area contributed by atoms with E-state index in [0.29, 0.717) is 14.9 Å². The van der Waals surface area contributed by atoms with E-state index < -0.39 is 17.7 Å². The molecule has 1 aromatic carbocycles. The molecule has 23 heavy (non-hydrogen) atoms. The summed E-state index contributed by atoms with van der Waals surface area (Å²) in [5, 5.41) is 0. The third-order valence-corrected chi connectivity index (χ3v) is 4.78. The van der Waals surface area contributed by atoms with Gasteiger partial charge in [0.1, 0.15) is 5.76 Å². The summed E-state index contributed by atoms with van der Waals surface area (Å²) >= 11 is 6.29. The summed E-state index contributed by atoms with van der Waals surface area (Å²) in [5.74, 6) is -0.664. The molecule has 3 rings (SSSR count). The van der Waals surface area contributed by atoms with Crippen molar-refractivity contribution in [3.63, 3.8) is 0 Å². The van der Waals surface area contributed by atoms with Gasteiger partial charge >= 0.3 is 6.18 Å². The maximum absolute atomic E-state index is 12.8. The van der Waals surface area contributed by atoms with Crippen molar-refractivity contribution >= 4 is 40.0 Å². The molecule has 0 amide bonds. The van der Waals surface area contributed by atoms with Crippen molar-refractivity contribution < 1.29 is 22.4 Å². The van der Waals surface area contributed by atoms with E-state index in [-0.39, 0.29) is 11.3 Å². The standard InChI is InChI=1S/C16H9F3O2S2/c17-16(18,19)10-4-1-3-9(7-10)13-14(20)12(23-15(13)22)8-11-5-2-6-21-11/h1-8,13H/b12-8+. The number of hydrogen-bond acceptors (Lipinski definition) is 4. The fraction of sp³-hybridized carbons (Fsp3) is 0.125. The Labute approximate surface area is 139 Å². The first-order chi connectivity index (χ1) is 10.9. The lowest BCUT2D eigenvalue weighted by atomic mass is 9.94. The van der Waals surface area contributed by atoms with Crippen molar-refractivity contribution in [2.75, 3.05) is 0 Å². The van der Waals surface area contributed by atoms with Crippen molar-refractivity contribution in [1.82, 2.24) is 0 Å². The molecule has 0 bridgehead atoms. The molecule has 7 heteroatoms. The first-order valence-electron chi connectivity index (χ1n) is 6.54. The molecule has 0 radical (unpaired) electrons. The van der Waals surface area contributed by atoms with E-state index in [1.54, 1.807) is 18.2 Å². The van der Waals surface area contributed by atoms with Gasteiger partial charge in [-0.1, -0.05) is 42.2 Å². The van der Waals surface area contributed by atoms with Crippen LogP contribution in [0.4, 0.5) is 13.2 Å². The molecule has 1 aliphatic heterocycles. The normalized spacial score (nSPS) is 20.5. The van der Waals surface area contributed by atoms with Crippen molar-refractivity contribution in [1.29, 1.82) is 0 Å². The lowest BCUT2D eigenvalue weighted by Crippen LogP contribution is -2.13. The number of alkyl halides is 3. The second kappa shape index (κ2) is 5.98. The number of thioether (sulfide) groups is 1. The van der Waals surface area contributed by atoms with Crippen LogP contribution in [0.1, 0.15) is 22.8 Å². The molecule has 1 aromatic heterocycles. The zero-order chi connectivity index (χ0) is 16.6. The minimum Gasteiger partial charge on any atom is -0.465 e. The second-order valence-corrected chi connectivity index (χ2v) is 6.65. The lowest BCUT2D eigenvalue weighted by Gasteiger charge is -2.11.